The third-order valence-electron chi connectivity index (χ3n) is 5.81. The minimum Gasteiger partial charge on any atom is -0.507 e. The lowest BCUT2D eigenvalue weighted by molar-refractivity contribution is -1.02. The highest BCUT2D eigenvalue weighted by Gasteiger charge is 2.33. The molecule has 2 aliphatic heterocycles. The van der Waals surface area contributed by atoms with E-state index in [2.05, 4.69) is 0 Å². The Bertz CT molecular complexity index is 961. The Morgan fingerprint density at radius 3 is 2.47 bits per heavy atom. The van der Waals surface area contributed by atoms with Crippen LogP contribution in [0, 0.1) is 0 Å². The van der Waals surface area contributed by atoms with E-state index < -0.39 is 0 Å². The number of Topliss-reactive ketones (excluding diaryl/α,β-unsaturated/α-hetero) is 1. The Morgan fingerprint density at radius 1 is 1.00 bits per heavy atom. The van der Waals surface area contributed by atoms with Crippen LogP contribution in [0.25, 0.3) is 6.08 Å². The number of fused-ring (bicyclic) bond motifs is 1. The number of aliphatic hydroxyl groups is 1. The maximum Gasteiger partial charge on any atom is 0.231 e. The standard InChI is InChI=1S/C24H26N2O4/c27-16-15-25-11-13-26(14-12-25)17-20-21(28)10-9-19-23(29)22(30-24(19)20)8-4-7-18-5-2-1-3-6-18/h1-10,27-28H,11-17H2/p+2/b7-4+,22-8-. The third-order valence-corrected chi connectivity index (χ3v) is 5.81. The first-order valence-corrected chi connectivity index (χ1v) is 10.4. The van der Waals surface area contributed by atoms with Crippen LogP contribution < -0.4 is 14.5 Å². The lowest BCUT2D eigenvalue weighted by Gasteiger charge is -2.29. The summed E-state index contributed by atoms with van der Waals surface area (Å²) in [6.07, 6.45) is 5.41. The topological polar surface area (TPSA) is 75.6 Å². The first-order valence-electron chi connectivity index (χ1n) is 10.4. The van der Waals surface area contributed by atoms with Crippen LogP contribution in [0.1, 0.15) is 21.5 Å². The van der Waals surface area contributed by atoms with E-state index in [-0.39, 0.29) is 23.9 Å². The Balaban J connectivity index is 1.49. The van der Waals surface area contributed by atoms with E-state index in [4.69, 9.17) is 9.84 Å². The second-order valence-electron chi connectivity index (χ2n) is 7.82. The summed E-state index contributed by atoms with van der Waals surface area (Å²) in [6.45, 7) is 5.48. The maximum atomic E-state index is 12.8. The molecule has 6 heteroatoms. The molecule has 0 amide bonds. The number of carbonyl (C=O) groups excluding carboxylic acids is 1. The number of rotatable bonds is 6. The molecule has 30 heavy (non-hydrogen) atoms. The molecule has 2 aromatic carbocycles. The van der Waals surface area contributed by atoms with Crippen molar-refractivity contribution in [2.45, 2.75) is 6.54 Å². The molecular weight excluding hydrogens is 380 g/mol. The van der Waals surface area contributed by atoms with Crippen LogP contribution in [0.5, 0.6) is 11.5 Å². The number of nitrogens with one attached hydrogen (secondary N) is 2. The number of ether oxygens (including phenoxy) is 1. The van der Waals surface area contributed by atoms with Crippen molar-refractivity contribution >= 4 is 11.9 Å². The average molecular weight is 408 g/mol. The number of phenolic OH excluding ortho intramolecular Hbond substituents is 1. The molecule has 0 bridgehead atoms. The highest BCUT2D eigenvalue weighted by Crippen LogP contribution is 2.38. The molecule has 0 radical (unpaired) electrons. The van der Waals surface area contributed by atoms with Gasteiger partial charge in [0.05, 0.1) is 17.7 Å². The summed E-state index contributed by atoms with van der Waals surface area (Å²) < 4.78 is 5.92. The van der Waals surface area contributed by atoms with Crippen molar-refractivity contribution in [3.8, 4) is 11.5 Å². The number of piperazine rings is 1. The molecule has 0 unspecified atom stereocenters. The number of aromatic hydroxyl groups is 1. The average Bonchev–Trinajstić information content (AvgIpc) is 3.08. The first-order chi connectivity index (χ1) is 14.7. The molecule has 6 nitrogen and oxygen atoms in total. The second kappa shape index (κ2) is 9.26. The minimum absolute atomic E-state index is 0.156. The van der Waals surface area contributed by atoms with Crippen molar-refractivity contribution in [2.24, 2.45) is 0 Å². The minimum atomic E-state index is -0.156. The van der Waals surface area contributed by atoms with E-state index in [0.29, 0.717) is 23.4 Å². The van der Waals surface area contributed by atoms with E-state index in [0.717, 1.165) is 38.3 Å². The predicted octanol–water partition coefficient (Wildman–Crippen LogP) is -0.160. The zero-order valence-corrected chi connectivity index (χ0v) is 16.9. The summed E-state index contributed by atoms with van der Waals surface area (Å²) in [6, 6.07) is 13.1. The van der Waals surface area contributed by atoms with Gasteiger partial charge in [-0.2, -0.15) is 0 Å². The fraction of sp³-hybridized carbons (Fsp3) is 0.292. The Kier molecular flexibility index (Phi) is 6.28. The molecule has 0 aromatic heterocycles. The summed E-state index contributed by atoms with van der Waals surface area (Å²) in [5.74, 6) is 0.768. The van der Waals surface area contributed by atoms with Gasteiger partial charge < -0.3 is 24.7 Å². The maximum absolute atomic E-state index is 12.8. The number of phenols is 1. The number of ketones is 1. The van der Waals surface area contributed by atoms with Gasteiger partial charge in [0, 0.05) is 0 Å². The molecule has 0 spiro atoms. The van der Waals surface area contributed by atoms with Gasteiger partial charge in [0.15, 0.2) is 11.5 Å². The smallest absolute Gasteiger partial charge is 0.231 e. The number of benzene rings is 2. The molecular formula is C24H28N2O4+2. The van der Waals surface area contributed by atoms with Crippen LogP contribution in [0.4, 0.5) is 0 Å². The number of hydrogen-bond donors (Lipinski definition) is 4. The summed E-state index contributed by atoms with van der Waals surface area (Å²) in [5, 5.41) is 19.6. The highest BCUT2D eigenvalue weighted by atomic mass is 16.5. The van der Waals surface area contributed by atoms with Crippen molar-refractivity contribution in [3.05, 3.63) is 77.1 Å². The normalized spacial score (nSPS) is 22.4. The van der Waals surface area contributed by atoms with E-state index in [1.165, 1.54) is 9.80 Å². The Hall–Kier alpha value is -2.93. The molecule has 156 valence electrons. The van der Waals surface area contributed by atoms with Crippen LogP contribution in [0.3, 0.4) is 0 Å². The van der Waals surface area contributed by atoms with Gasteiger partial charge in [-0.3, -0.25) is 4.79 Å². The van der Waals surface area contributed by atoms with Crippen molar-refractivity contribution in [3.63, 3.8) is 0 Å². The number of quaternary nitrogens is 2. The van der Waals surface area contributed by atoms with Crippen molar-refractivity contribution in [2.75, 3.05) is 39.3 Å². The van der Waals surface area contributed by atoms with Crippen molar-refractivity contribution < 1.29 is 29.5 Å². The summed E-state index contributed by atoms with van der Waals surface area (Å²) in [7, 11) is 0. The monoisotopic (exact) mass is 408 g/mol. The Labute approximate surface area is 176 Å². The summed E-state index contributed by atoms with van der Waals surface area (Å²) in [5.41, 5.74) is 2.24. The second-order valence-corrected chi connectivity index (χ2v) is 7.82. The zero-order chi connectivity index (χ0) is 20.9. The zero-order valence-electron chi connectivity index (χ0n) is 16.9. The number of allylic oxidation sites excluding steroid dienone is 3. The quantitative estimate of drug-likeness (QED) is 0.501. The molecule has 0 saturated carbocycles. The first kappa shape index (κ1) is 20.3. The predicted molar refractivity (Wildman–Crippen MR) is 114 cm³/mol. The van der Waals surface area contributed by atoms with Gasteiger partial charge in [0.25, 0.3) is 0 Å². The molecule has 1 saturated heterocycles. The van der Waals surface area contributed by atoms with Gasteiger partial charge in [-0.05, 0) is 23.8 Å². The summed E-state index contributed by atoms with van der Waals surface area (Å²) in [4.78, 5) is 15.5. The Morgan fingerprint density at radius 2 is 1.73 bits per heavy atom. The van der Waals surface area contributed by atoms with E-state index in [9.17, 15) is 9.90 Å². The van der Waals surface area contributed by atoms with Gasteiger partial charge in [0.1, 0.15) is 45.0 Å². The van der Waals surface area contributed by atoms with Gasteiger partial charge in [-0.25, -0.2) is 0 Å². The van der Waals surface area contributed by atoms with E-state index >= 15 is 0 Å². The van der Waals surface area contributed by atoms with Crippen LogP contribution in [-0.2, 0) is 6.54 Å². The summed E-state index contributed by atoms with van der Waals surface area (Å²) >= 11 is 0. The van der Waals surface area contributed by atoms with Crippen LogP contribution >= 0.6 is 0 Å². The van der Waals surface area contributed by atoms with Gasteiger partial charge in [-0.1, -0.05) is 42.5 Å². The van der Waals surface area contributed by atoms with Gasteiger partial charge in [0.2, 0.25) is 5.78 Å². The number of carbonyl (C=O) groups is 1. The molecule has 0 atom stereocenters. The molecule has 4 N–H and O–H groups in total. The molecule has 0 aliphatic carbocycles. The van der Waals surface area contributed by atoms with Crippen LogP contribution in [-0.4, -0.2) is 55.3 Å². The van der Waals surface area contributed by atoms with Crippen molar-refractivity contribution in [1.82, 2.24) is 0 Å². The molecule has 2 heterocycles. The molecule has 2 aromatic rings. The SMILES string of the molecule is O=C1/C(=C/C=C/c2ccccc2)Oc2c1ccc(O)c2C[NH+]1CC[NH+](CCO)CC1. The number of hydrogen-bond acceptors (Lipinski definition) is 4. The van der Waals surface area contributed by atoms with Crippen LogP contribution in [0.2, 0.25) is 0 Å². The van der Waals surface area contributed by atoms with E-state index in [1.54, 1.807) is 18.2 Å². The van der Waals surface area contributed by atoms with Crippen LogP contribution in [0.15, 0.2) is 60.4 Å². The fourth-order valence-electron chi connectivity index (χ4n) is 4.09. The third kappa shape index (κ3) is 4.46. The van der Waals surface area contributed by atoms with E-state index in [1.807, 2.05) is 42.5 Å². The molecule has 1 fully saturated rings. The fourth-order valence-corrected chi connectivity index (χ4v) is 4.09. The van der Waals surface area contributed by atoms with Gasteiger partial charge >= 0.3 is 0 Å². The lowest BCUT2D eigenvalue weighted by Crippen LogP contribution is -3.27. The lowest BCUT2D eigenvalue weighted by atomic mass is 10.0. The van der Waals surface area contributed by atoms with Gasteiger partial charge in [-0.15, -0.1) is 0 Å². The van der Waals surface area contributed by atoms with Crippen molar-refractivity contribution in [1.29, 1.82) is 0 Å². The number of aliphatic hydroxyl groups excluding tert-OH is 1. The largest absolute Gasteiger partial charge is 0.507 e. The highest BCUT2D eigenvalue weighted by molar-refractivity contribution is 6.12. The molecule has 4 rings (SSSR count). The molecule has 2 aliphatic rings.